The largest absolute Gasteiger partial charge is 0.274 e. The van der Waals surface area contributed by atoms with Gasteiger partial charge in [-0.05, 0) is 42.0 Å². The van der Waals surface area contributed by atoms with Gasteiger partial charge in [0.05, 0.1) is 6.04 Å². The van der Waals surface area contributed by atoms with Gasteiger partial charge in [0.2, 0.25) is 5.95 Å². The molecule has 5 heteroatoms. The smallest absolute Gasteiger partial charge is 0.260 e. The number of aromatic nitrogens is 3. The third kappa shape index (κ3) is 3.21. The fourth-order valence-corrected chi connectivity index (χ4v) is 3.86. The molecule has 0 saturated heterocycles. The third-order valence-corrected chi connectivity index (χ3v) is 5.47. The quantitative estimate of drug-likeness (QED) is 0.658. The fourth-order valence-electron chi connectivity index (χ4n) is 3.86. The SMILES string of the molecule is C[C@@H]1C[C@@H](c2ccccc2)n2ncnc2N1C(=O)c1ccc(C(C)(C)C)cc1. The summed E-state index contributed by atoms with van der Waals surface area (Å²) in [5.74, 6) is 0.575. The molecule has 0 unspecified atom stereocenters. The molecule has 0 aliphatic carbocycles. The first-order valence-electron chi connectivity index (χ1n) is 9.75. The number of amides is 1. The minimum atomic E-state index is -0.0336. The molecule has 0 spiro atoms. The Hall–Kier alpha value is -2.95. The van der Waals surface area contributed by atoms with E-state index < -0.39 is 0 Å². The van der Waals surface area contributed by atoms with Gasteiger partial charge < -0.3 is 0 Å². The highest BCUT2D eigenvalue weighted by Crippen LogP contribution is 2.35. The molecule has 3 aromatic rings. The highest BCUT2D eigenvalue weighted by molar-refractivity contribution is 6.05. The molecule has 0 radical (unpaired) electrons. The summed E-state index contributed by atoms with van der Waals surface area (Å²) in [6.45, 7) is 8.59. The summed E-state index contributed by atoms with van der Waals surface area (Å²) in [5, 5.41) is 4.43. The molecule has 1 amide bonds. The Labute approximate surface area is 166 Å². The Morgan fingerprint density at radius 1 is 1.04 bits per heavy atom. The molecule has 4 rings (SSSR count). The molecular formula is C23H26N4O. The Morgan fingerprint density at radius 3 is 2.36 bits per heavy atom. The zero-order valence-corrected chi connectivity index (χ0v) is 16.8. The maximum Gasteiger partial charge on any atom is 0.260 e. The van der Waals surface area contributed by atoms with Crippen LogP contribution in [0.25, 0.3) is 0 Å². The average molecular weight is 374 g/mol. The lowest BCUT2D eigenvalue weighted by Crippen LogP contribution is -2.46. The predicted octanol–water partition coefficient (Wildman–Crippen LogP) is 4.60. The number of benzene rings is 2. The van der Waals surface area contributed by atoms with Gasteiger partial charge in [-0.25, -0.2) is 4.68 Å². The van der Waals surface area contributed by atoms with E-state index in [0.29, 0.717) is 11.5 Å². The molecule has 2 heterocycles. The lowest BCUT2D eigenvalue weighted by atomic mass is 9.86. The van der Waals surface area contributed by atoms with Crippen LogP contribution in [-0.4, -0.2) is 26.7 Å². The van der Waals surface area contributed by atoms with Crippen LogP contribution in [0.15, 0.2) is 60.9 Å². The van der Waals surface area contributed by atoms with Crippen LogP contribution in [0.5, 0.6) is 0 Å². The van der Waals surface area contributed by atoms with E-state index in [9.17, 15) is 4.79 Å². The van der Waals surface area contributed by atoms with Gasteiger partial charge in [-0.3, -0.25) is 9.69 Å². The van der Waals surface area contributed by atoms with Crippen LogP contribution in [0.3, 0.4) is 0 Å². The number of carbonyl (C=O) groups excluding carboxylic acids is 1. The number of hydrogen-bond donors (Lipinski definition) is 0. The van der Waals surface area contributed by atoms with E-state index in [1.807, 2.05) is 47.1 Å². The molecule has 5 nitrogen and oxygen atoms in total. The van der Waals surface area contributed by atoms with Crippen LogP contribution in [0.2, 0.25) is 0 Å². The molecule has 1 aliphatic rings. The molecule has 0 fully saturated rings. The van der Waals surface area contributed by atoms with Crippen molar-refractivity contribution in [1.29, 1.82) is 0 Å². The second kappa shape index (κ2) is 6.89. The Morgan fingerprint density at radius 2 is 1.71 bits per heavy atom. The van der Waals surface area contributed by atoms with E-state index in [-0.39, 0.29) is 23.4 Å². The van der Waals surface area contributed by atoms with Crippen molar-refractivity contribution in [3.8, 4) is 0 Å². The second-order valence-corrected chi connectivity index (χ2v) is 8.52. The summed E-state index contributed by atoms with van der Waals surface area (Å²) in [6.07, 6.45) is 2.33. The van der Waals surface area contributed by atoms with Crippen molar-refractivity contribution in [3.63, 3.8) is 0 Å². The molecule has 0 bridgehead atoms. The van der Waals surface area contributed by atoms with E-state index in [4.69, 9.17) is 0 Å². The molecule has 2 atom stereocenters. The van der Waals surface area contributed by atoms with Crippen LogP contribution in [0.1, 0.15) is 61.6 Å². The molecule has 0 saturated carbocycles. The zero-order valence-electron chi connectivity index (χ0n) is 16.8. The van der Waals surface area contributed by atoms with Crippen molar-refractivity contribution in [2.75, 3.05) is 4.90 Å². The van der Waals surface area contributed by atoms with Crippen molar-refractivity contribution in [1.82, 2.24) is 14.8 Å². The number of rotatable bonds is 2. The van der Waals surface area contributed by atoms with Gasteiger partial charge in [0.1, 0.15) is 6.33 Å². The zero-order chi connectivity index (χ0) is 19.9. The highest BCUT2D eigenvalue weighted by atomic mass is 16.2. The number of hydrogen-bond acceptors (Lipinski definition) is 3. The third-order valence-electron chi connectivity index (χ3n) is 5.47. The fraction of sp³-hybridized carbons (Fsp3) is 0.348. The summed E-state index contributed by atoms with van der Waals surface area (Å²) >= 11 is 0. The summed E-state index contributed by atoms with van der Waals surface area (Å²) < 4.78 is 1.87. The summed E-state index contributed by atoms with van der Waals surface area (Å²) in [6, 6.07) is 18.3. The van der Waals surface area contributed by atoms with Gasteiger partial charge in [-0.15, -0.1) is 0 Å². The molecule has 1 aliphatic heterocycles. The van der Waals surface area contributed by atoms with Crippen molar-refractivity contribution in [2.45, 2.75) is 51.6 Å². The number of nitrogens with zero attached hydrogens (tertiary/aromatic N) is 4. The summed E-state index contributed by atoms with van der Waals surface area (Å²) in [4.78, 5) is 19.5. The molecule has 28 heavy (non-hydrogen) atoms. The topological polar surface area (TPSA) is 51.0 Å². The highest BCUT2D eigenvalue weighted by Gasteiger charge is 2.36. The van der Waals surface area contributed by atoms with Crippen LogP contribution >= 0.6 is 0 Å². The van der Waals surface area contributed by atoms with Gasteiger partial charge in [-0.1, -0.05) is 63.2 Å². The van der Waals surface area contributed by atoms with Gasteiger partial charge >= 0.3 is 0 Å². The van der Waals surface area contributed by atoms with Gasteiger partial charge in [-0.2, -0.15) is 10.1 Å². The maximum atomic E-state index is 13.3. The van der Waals surface area contributed by atoms with E-state index in [2.05, 4.69) is 49.9 Å². The lowest BCUT2D eigenvalue weighted by Gasteiger charge is -2.37. The molecular weight excluding hydrogens is 348 g/mol. The minimum absolute atomic E-state index is 0.0247. The number of fused-ring (bicyclic) bond motifs is 1. The minimum Gasteiger partial charge on any atom is -0.274 e. The Kier molecular flexibility index (Phi) is 4.53. The molecule has 2 aromatic carbocycles. The van der Waals surface area contributed by atoms with Gasteiger partial charge in [0.25, 0.3) is 5.91 Å². The average Bonchev–Trinajstić information content (AvgIpc) is 3.16. The van der Waals surface area contributed by atoms with E-state index in [0.717, 1.165) is 6.42 Å². The van der Waals surface area contributed by atoms with E-state index >= 15 is 0 Å². The van der Waals surface area contributed by atoms with Crippen molar-refractivity contribution in [2.24, 2.45) is 0 Å². The first kappa shape index (κ1) is 18.4. The first-order chi connectivity index (χ1) is 13.4. The number of carbonyl (C=O) groups is 1. The van der Waals surface area contributed by atoms with E-state index in [1.165, 1.54) is 17.5 Å². The van der Waals surface area contributed by atoms with Crippen molar-refractivity contribution in [3.05, 3.63) is 77.6 Å². The molecule has 1 aromatic heterocycles. The predicted molar refractivity (Wildman–Crippen MR) is 111 cm³/mol. The number of anilines is 1. The van der Waals surface area contributed by atoms with Crippen LogP contribution in [0, 0.1) is 0 Å². The van der Waals surface area contributed by atoms with Gasteiger partial charge in [0, 0.05) is 11.6 Å². The standard InChI is InChI=1S/C23H26N4O/c1-16-14-20(17-8-6-5-7-9-17)27-22(24-15-25-27)26(16)21(28)18-10-12-19(13-11-18)23(2,3)4/h5-13,15-16,20H,14H2,1-4H3/t16-,20+/m1/s1. The van der Waals surface area contributed by atoms with Crippen molar-refractivity contribution >= 4 is 11.9 Å². The summed E-state index contributed by atoms with van der Waals surface area (Å²) in [7, 11) is 0. The molecule has 0 N–H and O–H groups in total. The van der Waals surface area contributed by atoms with Crippen LogP contribution in [-0.2, 0) is 5.41 Å². The van der Waals surface area contributed by atoms with Crippen molar-refractivity contribution < 1.29 is 4.79 Å². The monoisotopic (exact) mass is 374 g/mol. The summed E-state index contributed by atoms with van der Waals surface area (Å²) in [5.41, 5.74) is 3.13. The first-order valence-corrected chi connectivity index (χ1v) is 9.75. The second-order valence-electron chi connectivity index (χ2n) is 8.52. The Bertz CT molecular complexity index is 970. The maximum absolute atomic E-state index is 13.3. The van der Waals surface area contributed by atoms with Gasteiger partial charge in [0.15, 0.2) is 0 Å². The van der Waals surface area contributed by atoms with Crippen LogP contribution in [0.4, 0.5) is 5.95 Å². The lowest BCUT2D eigenvalue weighted by molar-refractivity contribution is 0.0966. The normalized spacial score (nSPS) is 19.4. The van der Waals surface area contributed by atoms with E-state index in [1.54, 1.807) is 4.90 Å². The van der Waals surface area contributed by atoms with Crippen LogP contribution < -0.4 is 4.90 Å². The Balaban J connectivity index is 1.67. The molecule has 144 valence electrons.